The number of fused-ring (bicyclic) bond motifs is 6. The minimum Gasteiger partial charge on any atom is -0.467 e. The summed E-state index contributed by atoms with van der Waals surface area (Å²) in [5, 5.41) is 0. The van der Waals surface area contributed by atoms with Crippen molar-refractivity contribution in [2.24, 2.45) is 17.3 Å². The van der Waals surface area contributed by atoms with Gasteiger partial charge >= 0.3 is 0 Å². The molecule has 0 radical (unpaired) electrons. The Hall–Kier alpha value is -1.14. The van der Waals surface area contributed by atoms with E-state index in [-0.39, 0.29) is 18.0 Å². The Kier molecular flexibility index (Phi) is 5.14. The van der Waals surface area contributed by atoms with Gasteiger partial charge in [-0.2, -0.15) is 0 Å². The van der Waals surface area contributed by atoms with Crippen LogP contribution in [0.5, 0.6) is 5.75 Å². The molecule has 5 rings (SSSR count). The van der Waals surface area contributed by atoms with Gasteiger partial charge in [0.2, 0.25) is 0 Å². The summed E-state index contributed by atoms with van der Waals surface area (Å²) < 4.78 is 29.0. The Morgan fingerprint density at radius 3 is 2.62 bits per heavy atom. The van der Waals surface area contributed by atoms with Crippen molar-refractivity contribution in [1.29, 1.82) is 0 Å². The van der Waals surface area contributed by atoms with Crippen molar-refractivity contribution in [2.45, 2.75) is 63.8 Å². The van der Waals surface area contributed by atoms with Crippen LogP contribution >= 0.6 is 0 Å². The highest BCUT2D eigenvalue weighted by Crippen LogP contribution is 2.66. The summed E-state index contributed by atoms with van der Waals surface area (Å²) in [6, 6.07) is 4.60. The fraction of sp³-hybridized carbons (Fsp3) is 0.750. The first kappa shape index (κ1) is 19.8. The molecule has 0 aromatic heterocycles. The third-order valence-corrected chi connectivity index (χ3v) is 8.34. The van der Waals surface area contributed by atoms with Crippen LogP contribution < -0.4 is 4.74 Å². The van der Waals surface area contributed by atoms with Gasteiger partial charge < -0.3 is 23.7 Å². The van der Waals surface area contributed by atoms with E-state index in [4.69, 9.17) is 23.7 Å². The molecule has 0 bridgehead atoms. The lowest BCUT2D eigenvalue weighted by Crippen LogP contribution is -2.51. The van der Waals surface area contributed by atoms with E-state index in [0.29, 0.717) is 18.4 Å². The molecule has 5 heteroatoms. The van der Waals surface area contributed by atoms with Crippen LogP contribution in [0.1, 0.15) is 61.6 Å². The van der Waals surface area contributed by atoms with Gasteiger partial charge in [-0.25, -0.2) is 0 Å². The summed E-state index contributed by atoms with van der Waals surface area (Å²) in [5.41, 5.74) is 4.25. The van der Waals surface area contributed by atoms with Gasteiger partial charge in [0.05, 0.1) is 19.8 Å². The molecule has 0 unspecified atom stereocenters. The monoisotopic (exact) mass is 402 g/mol. The number of hydrogen-bond acceptors (Lipinski definition) is 5. The predicted octanol–water partition coefficient (Wildman–Crippen LogP) is 4.41. The molecule has 2 saturated carbocycles. The Bertz CT molecular complexity index is 756. The van der Waals surface area contributed by atoms with Gasteiger partial charge in [0.1, 0.15) is 5.75 Å². The van der Waals surface area contributed by atoms with Crippen molar-refractivity contribution < 1.29 is 23.7 Å². The first-order valence-corrected chi connectivity index (χ1v) is 11.2. The number of ether oxygens (including phenoxy) is 5. The topological polar surface area (TPSA) is 46.2 Å². The van der Waals surface area contributed by atoms with Gasteiger partial charge in [0.25, 0.3) is 0 Å². The lowest BCUT2D eigenvalue weighted by atomic mass is 9.54. The van der Waals surface area contributed by atoms with E-state index in [1.807, 2.05) is 0 Å². The maximum Gasteiger partial charge on any atom is 0.188 e. The second-order valence-corrected chi connectivity index (χ2v) is 9.50. The molecule has 0 N–H and O–H groups in total. The second kappa shape index (κ2) is 7.52. The Labute approximate surface area is 174 Å². The van der Waals surface area contributed by atoms with Gasteiger partial charge in [0.15, 0.2) is 12.6 Å². The zero-order valence-electron chi connectivity index (χ0n) is 18.0. The number of rotatable bonds is 5. The zero-order chi connectivity index (χ0) is 20.1. The van der Waals surface area contributed by atoms with Crippen LogP contribution in [0, 0.1) is 17.3 Å². The summed E-state index contributed by atoms with van der Waals surface area (Å²) in [4.78, 5) is 0. The van der Waals surface area contributed by atoms with Crippen LogP contribution in [-0.2, 0) is 32.0 Å². The number of methoxy groups -OCH3 is 2. The lowest BCUT2D eigenvalue weighted by molar-refractivity contribution is -0.237. The molecule has 0 amide bonds. The molecule has 1 aromatic carbocycles. The summed E-state index contributed by atoms with van der Waals surface area (Å²) in [5.74, 6) is 2.61. The highest BCUT2D eigenvalue weighted by molar-refractivity contribution is 5.46. The van der Waals surface area contributed by atoms with Gasteiger partial charge in [-0.05, 0) is 73.1 Å². The minimum atomic E-state index is -0.317. The molecule has 1 aromatic rings. The van der Waals surface area contributed by atoms with Crippen LogP contribution in [-0.4, -0.2) is 40.0 Å². The number of aryl methyl sites for hydroxylation is 1. The maximum absolute atomic E-state index is 6.26. The smallest absolute Gasteiger partial charge is 0.188 e. The van der Waals surface area contributed by atoms with Crippen LogP contribution in [0.25, 0.3) is 0 Å². The number of hydrogen-bond donors (Lipinski definition) is 0. The Morgan fingerprint density at radius 1 is 1.03 bits per heavy atom. The summed E-state index contributed by atoms with van der Waals surface area (Å²) in [7, 11) is 3.40. The highest BCUT2D eigenvalue weighted by Gasteiger charge is 2.65. The molecule has 3 fully saturated rings. The van der Waals surface area contributed by atoms with Crippen LogP contribution in [0.2, 0.25) is 0 Å². The van der Waals surface area contributed by atoms with Crippen molar-refractivity contribution >= 4 is 0 Å². The molecule has 1 saturated heterocycles. The van der Waals surface area contributed by atoms with E-state index in [9.17, 15) is 0 Å². The Balaban J connectivity index is 1.46. The quantitative estimate of drug-likeness (QED) is 0.683. The molecule has 1 spiro atoms. The lowest BCUT2D eigenvalue weighted by Gasteiger charge is -2.52. The average Bonchev–Trinajstić information content (AvgIpc) is 3.32. The van der Waals surface area contributed by atoms with Crippen LogP contribution in [0.4, 0.5) is 0 Å². The molecule has 4 aliphatic rings. The first-order valence-electron chi connectivity index (χ1n) is 11.2. The summed E-state index contributed by atoms with van der Waals surface area (Å²) in [6.45, 7) is 4.78. The van der Waals surface area contributed by atoms with E-state index in [1.54, 1.807) is 14.2 Å². The summed E-state index contributed by atoms with van der Waals surface area (Å²) in [6.07, 6.45) is 7.05. The Morgan fingerprint density at radius 2 is 1.86 bits per heavy atom. The van der Waals surface area contributed by atoms with Gasteiger partial charge in [0, 0.05) is 31.6 Å². The molecule has 1 heterocycles. The van der Waals surface area contributed by atoms with Crippen LogP contribution in [0.15, 0.2) is 12.1 Å². The van der Waals surface area contributed by atoms with E-state index in [2.05, 4.69) is 19.1 Å². The van der Waals surface area contributed by atoms with Gasteiger partial charge in [-0.3, -0.25) is 0 Å². The van der Waals surface area contributed by atoms with E-state index in [0.717, 1.165) is 43.3 Å². The first-order chi connectivity index (χ1) is 14.1. The van der Waals surface area contributed by atoms with Crippen molar-refractivity contribution in [2.75, 3.05) is 34.2 Å². The van der Waals surface area contributed by atoms with Crippen molar-refractivity contribution in [1.82, 2.24) is 0 Å². The normalized spacial score (nSPS) is 34.7. The average molecular weight is 403 g/mol. The van der Waals surface area contributed by atoms with E-state index >= 15 is 0 Å². The zero-order valence-corrected chi connectivity index (χ0v) is 18.0. The molecule has 3 aliphatic carbocycles. The van der Waals surface area contributed by atoms with Crippen LogP contribution in [0.3, 0.4) is 0 Å². The second-order valence-electron chi connectivity index (χ2n) is 9.50. The SMILES string of the molecule is COCOc1cc2c(cc1COC)[C@H]1CC[C@@]3(C)[C@@H](CCC34OCCO4)[C@@H]1CC2. The molecular formula is C24H34O5. The molecular weight excluding hydrogens is 368 g/mol. The van der Waals surface area contributed by atoms with Crippen molar-refractivity contribution in [3.05, 3.63) is 28.8 Å². The fourth-order valence-corrected chi connectivity index (χ4v) is 7.06. The van der Waals surface area contributed by atoms with Crippen molar-refractivity contribution in [3.63, 3.8) is 0 Å². The third-order valence-electron chi connectivity index (χ3n) is 8.34. The van der Waals surface area contributed by atoms with Crippen molar-refractivity contribution in [3.8, 4) is 5.75 Å². The third kappa shape index (κ3) is 2.96. The fourth-order valence-electron chi connectivity index (χ4n) is 7.06. The minimum absolute atomic E-state index is 0.152. The van der Waals surface area contributed by atoms with E-state index < -0.39 is 0 Å². The van der Waals surface area contributed by atoms with Gasteiger partial charge in [-0.15, -0.1) is 0 Å². The summed E-state index contributed by atoms with van der Waals surface area (Å²) >= 11 is 0. The molecule has 1 aliphatic heterocycles. The molecule has 29 heavy (non-hydrogen) atoms. The van der Waals surface area contributed by atoms with Gasteiger partial charge in [-0.1, -0.05) is 6.92 Å². The predicted molar refractivity (Wildman–Crippen MR) is 109 cm³/mol. The highest BCUT2D eigenvalue weighted by atomic mass is 16.7. The number of benzene rings is 1. The standard InChI is InChI=1S/C24H34O5/c1-23-8-6-18-19(21(23)7-9-24(23)28-10-11-29-24)5-4-16-13-22(27-15-26-3)17(14-25-2)12-20(16)18/h12-13,18-19,21H,4-11,14-15H2,1-3H3/t18-,19+,21-,23-/m0/s1. The largest absolute Gasteiger partial charge is 0.467 e. The van der Waals surface area contributed by atoms with E-state index in [1.165, 1.54) is 36.8 Å². The maximum atomic E-state index is 6.26. The molecule has 4 atom stereocenters. The molecule has 5 nitrogen and oxygen atoms in total. The molecule has 160 valence electrons.